The van der Waals surface area contributed by atoms with Gasteiger partial charge in [-0.05, 0) is 34.4 Å². The Balaban J connectivity index is 1.87. The highest BCUT2D eigenvalue weighted by Gasteiger charge is 2.45. The van der Waals surface area contributed by atoms with Crippen LogP contribution in [0, 0.1) is 5.82 Å². The maximum atomic E-state index is 14.3. The number of nitrogens with one attached hydrogen (secondary N) is 1. The standard InChI is InChI=1S/C30H25F4NO2S/c31-25-18-16-21(17-19-25)28(30(32,33)34)35-26(20-27(36)37)38-29(22-10-4-1-5-11-22,23-12-6-2-7-13-23)24-14-8-3-9-15-24/h1-19,26,28,35H,20H2,(H,36,37)/t26-,28+/m1/s1. The fourth-order valence-electron chi connectivity index (χ4n) is 4.45. The van der Waals surface area contributed by atoms with Crippen molar-refractivity contribution in [2.45, 2.75) is 28.8 Å². The van der Waals surface area contributed by atoms with E-state index in [9.17, 15) is 27.5 Å². The molecule has 0 fully saturated rings. The Labute approximate surface area is 222 Å². The first-order valence-electron chi connectivity index (χ1n) is 11.8. The van der Waals surface area contributed by atoms with Crippen molar-refractivity contribution in [2.24, 2.45) is 0 Å². The van der Waals surface area contributed by atoms with Crippen molar-refractivity contribution >= 4 is 17.7 Å². The number of hydrogen-bond donors (Lipinski definition) is 2. The highest BCUT2D eigenvalue weighted by Crippen LogP contribution is 2.51. The van der Waals surface area contributed by atoms with E-state index in [4.69, 9.17) is 0 Å². The fraction of sp³-hybridized carbons (Fsp3) is 0.167. The predicted molar refractivity (Wildman–Crippen MR) is 141 cm³/mol. The molecule has 0 spiro atoms. The first-order chi connectivity index (χ1) is 18.2. The summed E-state index contributed by atoms with van der Waals surface area (Å²) >= 11 is 1.10. The van der Waals surface area contributed by atoms with Gasteiger partial charge in [-0.2, -0.15) is 13.2 Å². The van der Waals surface area contributed by atoms with Gasteiger partial charge in [-0.3, -0.25) is 10.1 Å². The van der Waals surface area contributed by atoms with Crippen LogP contribution in [0.2, 0.25) is 0 Å². The van der Waals surface area contributed by atoms with Gasteiger partial charge in [-0.25, -0.2) is 4.39 Å². The van der Waals surface area contributed by atoms with Crippen LogP contribution in [0.15, 0.2) is 115 Å². The van der Waals surface area contributed by atoms with Gasteiger partial charge in [0, 0.05) is 0 Å². The summed E-state index contributed by atoms with van der Waals surface area (Å²) in [5.41, 5.74) is 2.14. The first kappa shape index (κ1) is 27.4. The zero-order valence-corrected chi connectivity index (χ0v) is 20.9. The van der Waals surface area contributed by atoms with E-state index in [0.29, 0.717) is 0 Å². The third-order valence-electron chi connectivity index (χ3n) is 6.10. The molecule has 0 aliphatic carbocycles. The molecule has 2 N–H and O–H groups in total. The van der Waals surface area contributed by atoms with Crippen molar-refractivity contribution in [1.29, 1.82) is 0 Å². The average molecular weight is 540 g/mol. The molecular weight excluding hydrogens is 514 g/mol. The average Bonchev–Trinajstić information content (AvgIpc) is 2.91. The molecule has 0 unspecified atom stereocenters. The van der Waals surface area contributed by atoms with Crippen LogP contribution in [0.5, 0.6) is 0 Å². The molecule has 38 heavy (non-hydrogen) atoms. The molecule has 8 heteroatoms. The highest BCUT2D eigenvalue weighted by molar-refractivity contribution is 8.01. The normalized spacial score (nSPS) is 13.6. The number of rotatable bonds is 10. The number of carboxylic acids is 1. The number of carboxylic acid groups (broad SMARTS) is 1. The van der Waals surface area contributed by atoms with Gasteiger partial charge in [0.15, 0.2) is 0 Å². The van der Waals surface area contributed by atoms with Gasteiger partial charge in [0.2, 0.25) is 0 Å². The predicted octanol–water partition coefficient (Wildman–Crippen LogP) is 7.54. The van der Waals surface area contributed by atoms with Gasteiger partial charge in [0.25, 0.3) is 0 Å². The summed E-state index contributed by atoms with van der Waals surface area (Å²) in [6, 6.07) is 29.7. The number of aliphatic carboxylic acids is 1. The summed E-state index contributed by atoms with van der Waals surface area (Å²) < 4.78 is 55.3. The third kappa shape index (κ3) is 6.26. The summed E-state index contributed by atoms with van der Waals surface area (Å²) in [5, 5.41) is 11.1. The van der Waals surface area contributed by atoms with E-state index in [1.54, 1.807) is 0 Å². The SMILES string of the molecule is O=C(O)C[C@H](N[C@@H](c1ccc(F)cc1)C(F)(F)F)SC(c1ccccc1)(c1ccccc1)c1ccccc1. The Morgan fingerprint density at radius 1 is 0.737 bits per heavy atom. The smallest absolute Gasteiger partial charge is 0.407 e. The third-order valence-corrected chi connectivity index (χ3v) is 7.75. The molecule has 196 valence electrons. The van der Waals surface area contributed by atoms with E-state index in [2.05, 4.69) is 5.32 Å². The maximum Gasteiger partial charge on any atom is 0.407 e. The molecule has 4 aromatic rings. The number of benzene rings is 4. The lowest BCUT2D eigenvalue weighted by Gasteiger charge is -2.39. The Bertz CT molecular complexity index is 1220. The van der Waals surface area contributed by atoms with Crippen molar-refractivity contribution in [3.63, 3.8) is 0 Å². The molecule has 0 aromatic heterocycles. The molecule has 0 aliphatic rings. The molecule has 0 saturated carbocycles. The molecule has 4 aromatic carbocycles. The van der Waals surface area contributed by atoms with Gasteiger partial charge in [-0.15, -0.1) is 11.8 Å². The minimum Gasteiger partial charge on any atom is -0.481 e. The molecule has 3 nitrogen and oxygen atoms in total. The van der Waals surface area contributed by atoms with Crippen LogP contribution in [-0.4, -0.2) is 22.6 Å². The minimum absolute atomic E-state index is 0.209. The number of halogens is 4. The second-order valence-electron chi connectivity index (χ2n) is 8.68. The van der Waals surface area contributed by atoms with Crippen LogP contribution in [-0.2, 0) is 9.54 Å². The van der Waals surface area contributed by atoms with Crippen molar-refractivity contribution in [3.05, 3.63) is 143 Å². The Hall–Kier alpha value is -3.62. The minimum atomic E-state index is -4.76. The first-order valence-corrected chi connectivity index (χ1v) is 12.7. The van der Waals surface area contributed by atoms with E-state index in [1.165, 1.54) is 0 Å². The molecule has 0 amide bonds. The number of carbonyl (C=O) groups is 1. The monoisotopic (exact) mass is 539 g/mol. The Kier molecular flexibility index (Phi) is 8.54. The molecule has 0 bridgehead atoms. The van der Waals surface area contributed by atoms with Crippen LogP contribution in [0.1, 0.15) is 34.7 Å². The van der Waals surface area contributed by atoms with Crippen molar-refractivity contribution < 1.29 is 27.5 Å². The molecular formula is C30H25F4NO2S. The largest absolute Gasteiger partial charge is 0.481 e. The summed E-state index contributed by atoms with van der Waals surface area (Å²) in [4.78, 5) is 11.9. The van der Waals surface area contributed by atoms with Gasteiger partial charge in [0.05, 0.1) is 16.5 Å². The van der Waals surface area contributed by atoms with Gasteiger partial charge >= 0.3 is 12.1 Å². The molecule has 2 atom stereocenters. The number of hydrogen-bond acceptors (Lipinski definition) is 3. The molecule has 4 rings (SSSR count). The molecule has 0 aliphatic heterocycles. The van der Waals surface area contributed by atoms with Crippen LogP contribution in [0.4, 0.5) is 17.6 Å². The van der Waals surface area contributed by atoms with E-state index >= 15 is 0 Å². The van der Waals surface area contributed by atoms with Crippen LogP contribution in [0.25, 0.3) is 0 Å². The van der Waals surface area contributed by atoms with E-state index in [1.807, 2.05) is 91.0 Å². The lowest BCUT2D eigenvalue weighted by atomic mass is 9.84. The van der Waals surface area contributed by atoms with Crippen molar-refractivity contribution in [2.75, 3.05) is 0 Å². The summed E-state index contributed by atoms with van der Waals surface area (Å²) in [5.74, 6) is -1.92. The molecule has 0 radical (unpaired) electrons. The van der Waals surface area contributed by atoms with Crippen molar-refractivity contribution in [3.8, 4) is 0 Å². The zero-order valence-electron chi connectivity index (χ0n) is 20.1. The lowest BCUT2D eigenvalue weighted by molar-refractivity contribution is -0.159. The van der Waals surface area contributed by atoms with E-state index in [0.717, 1.165) is 52.7 Å². The highest BCUT2D eigenvalue weighted by atomic mass is 32.2. The quantitative estimate of drug-likeness (QED) is 0.124. The summed E-state index contributed by atoms with van der Waals surface area (Å²) in [6.45, 7) is 0. The summed E-state index contributed by atoms with van der Waals surface area (Å²) in [7, 11) is 0. The lowest BCUT2D eigenvalue weighted by Crippen LogP contribution is -2.43. The van der Waals surface area contributed by atoms with E-state index in [-0.39, 0.29) is 5.56 Å². The van der Waals surface area contributed by atoms with Crippen LogP contribution >= 0.6 is 11.8 Å². The van der Waals surface area contributed by atoms with Crippen LogP contribution in [0.3, 0.4) is 0 Å². The fourth-order valence-corrected chi connectivity index (χ4v) is 6.12. The summed E-state index contributed by atoms with van der Waals surface area (Å²) in [6.07, 6.45) is -5.35. The van der Waals surface area contributed by atoms with Crippen molar-refractivity contribution in [1.82, 2.24) is 5.32 Å². The van der Waals surface area contributed by atoms with Crippen LogP contribution < -0.4 is 5.32 Å². The van der Waals surface area contributed by atoms with Gasteiger partial charge in [-0.1, -0.05) is 103 Å². The Morgan fingerprint density at radius 3 is 1.53 bits per heavy atom. The molecule has 0 heterocycles. The second-order valence-corrected chi connectivity index (χ2v) is 10.1. The Morgan fingerprint density at radius 2 is 1.16 bits per heavy atom. The van der Waals surface area contributed by atoms with Gasteiger partial charge < -0.3 is 5.11 Å². The molecule has 0 saturated heterocycles. The second kappa shape index (κ2) is 11.8. The maximum absolute atomic E-state index is 14.3. The zero-order chi connectivity index (χ0) is 27.2. The number of thioether (sulfide) groups is 1. The van der Waals surface area contributed by atoms with E-state index < -0.39 is 40.5 Å². The number of alkyl halides is 3. The topological polar surface area (TPSA) is 49.3 Å². The van der Waals surface area contributed by atoms with Gasteiger partial charge in [0.1, 0.15) is 11.9 Å².